The van der Waals surface area contributed by atoms with Crippen LogP contribution in [0.3, 0.4) is 0 Å². The number of nitrogens with one attached hydrogen (secondary N) is 1. The van der Waals surface area contributed by atoms with E-state index in [1.807, 2.05) is 25.1 Å². The standard InChI is InChI=1S/C21H21FN2O2/c1-3-15-6-4-5-14(2)21(15)24-19(25)11-12-20-23-13-18(26-20)16-7-9-17(22)10-8-16/h4-10,13H,3,11-12H2,1-2H3,(H,24,25). The van der Waals surface area contributed by atoms with Gasteiger partial charge in [-0.25, -0.2) is 9.37 Å². The van der Waals surface area contributed by atoms with E-state index >= 15 is 0 Å². The Kier molecular flexibility index (Phi) is 5.46. The van der Waals surface area contributed by atoms with Gasteiger partial charge in [0.05, 0.1) is 6.20 Å². The zero-order valence-electron chi connectivity index (χ0n) is 14.9. The van der Waals surface area contributed by atoms with Crippen molar-refractivity contribution in [3.63, 3.8) is 0 Å². The van der Waals surface area contributed by atoms with Crippen molar-refractivity contribution >= 4 is 11.6 Å². The van der Waals surface area contributed by atoms with Crippen LogP contribution in [-0.4, -0.2) is 10.9 Å². The Morgan fingerprint density at radius 2 is 1.96 bits per heavy atom. The molecule has 0 unspecified atom stereocenters. The molecule has 0 saturated heterocycles. The van der Waals surface area contributed by atoms with E-state index in [0.717, 1.165) is 28.8 Å². The molecule has 0 spiro atoms. The lowest BCUT2D eigenvalue weighted by molar-refractivity contribution is -0.116. The molecule has 3 aromatic rings. The Morgan fingerprint density at radius 3 is 2.69 bits per heavy atom. The maximum Gasteiger partial charge on any atom is 0.224 e. The number of aryl methyl sites for hydroxylation is 3. The zero-order chi connectivity index (χ0) is 18.5. The fourth-order valence-corrected chi connectivity index (χ4v) is 2.80. The summed E-state index contributed by atoms with van der Waals surface area (Å²) in [6.07, 6.45) is 3.14. The molecule has 5 heteroatoms. The smallest absolute Gasteiger partial charge is 0.224 e. The summed E-state index contributed by atoms with van der Waals surface area (Å²) in [5, 5.41) is 2.99. The van der Waals surface area contributed by atoms with E-state index < -0.39 is 0 Å². The molecule has 0 radical (unpaired) electrons. The molecular formula is C21H21FN2O2. The molecule has 4 nitrogen and oxygen atoms in total. The Morgan fingerprint density at radius 1 is 1.19 bits per heavy atom. The molecule has 0 saturated carbocycles. The van der Waals surface area contributed by atoms with Gasteiger partial charge in [-0.3, -0.25) is 4.79 Å². The largest absolute Gasteiger partial charge is 0.441 e. The van der Waals surface area contributed by atoms with Crippen LogP contribution >= 0.6 is 0 Å². The predicted octanol–water partition coefficient (Wildman–Crippen LogP) is 4.92. The minimum Gasteiger partial charge on any atom is -0.441 e. The van der Waals surface area contributed by atoms with Gasteiger partial charge >= 0.3 is 0 Å². The lowest BCUT2D eigenvalue weighted by atomic mass is 10.1. The fraction of sp³-hybridized carbons (Fsp3) is 0.238. The molecule has 3 rings (SSSR count). The van der Waals surface area contributed by atoms with E-state index in [-0.39, 0.29) is 18.1 Å². The second-order valence-corrected chi connectivity index (χ2v) is 6.14. The van der Waals surface area contributed by atoms with E-state index in [1.165, 1.54) is 12.1 Å². The molecule has 1 heterocycles. The molecule has 0 aliphatic rings. The van der Waals surface area contributed by atoms with Crippen molar-refractivity contribution in [3.8, 4) is 11.3 Å². The lowest BCUT2D eigenvalue weighted by Crippen LogP contribution is -2.14. The van der Waals surface area contributed by atoms with Crippen LogP contribution in [0.1, 0.15) is 30.4 Å². The average Bonchev–Trinajstić information content (AvgIpc) is 3.11. The Balaban J connectivity index is 1.61. The second-order valence-electron chi connectivity index (χ2n) is 6.14. The predicted molar refractivity (Wildman–Crippen MR) is 99.4 cm³/mol. The molecule has 26 heavy (non-hydrogen) atoms. The van der Waals surface area contributed by atoms with Crippen LogP contribution in [-0.2, 0) is 17.6 Å². The molecule has 1 N–H and O–H groups in total. The van der Waals surface area contributed by atoms with E-state index in [4.69, 9.17) is 4.42 Å². The Hall–Kier alpha value is -2.95. The summed E-state index contributed by atoms with van der Waals surface area (Å²) in [6.45, 7) is 4.05. The number of oxazole rings is 1. The number of carbonyl (C=O) groups excluding carboxylic acids is 1. The maximum absolute atomic E-state index is 13.0. The van der Waals surface area contributed by atoms with Gasteiger partial charge in [-0.15, -0.1) is 0 Å². The topological polar surface area (TPSA) is 55.1 Å². The quantitative estimate of drug-likeness (QED) is 0.685. The molecule has 2 aromatic carbocycles. The van der Waals surface area contributed by atoms with Crippen molar-refractivity contribution in [2.75, 3.05) is 5.32 Å². The van der Waals surface area contributed by atoms with Crippen LogP contribution in [0, 0.1) is 12.7 Å². The van der Waals surface area contributed by atoms with Gasteiger partial charge < -0.3 is 9.73 Å². The SMILES string of the molecule is CCc1cccc(C)c1NC(=O)CCc1ncc(-c2ccc(F)cc2)o1. The van der Waals surface area contributed by atoms with Crippen molar-refractivity contribution in [3.05, 3.63) is 71.5 Å². The number of nitrogens with zero attached hydrogens (tertiary/aromatic N) is 1. The number of carbonyl (C=O) groups is 1. The normalized spacial score (nSPS) is 10.7. The summed E-state index contributed by atoms with van der Waals surface area (Å²) in [5.41, 5.74) is 3.81. The number of amides is 1. The van der Waals surface area contributed by atoms with Gasteiger partial charge in [-0.05, 0) is 48.7 Å². The van der Waals surface area contributed by atoms with Crippen molar-refractivity contribution in [1.82, 2.24) is 4.98 Å². The third-order valence-electron chi connectivity index (χ3n) is 4.25. The Bertz CT molecular complexity index is 901. The molecule has 0 aliphatic carbocycles. The minimum atomic E-state index is -0.298. The summed E-state index contributed by atoms with van der Waals surface area (Å²) in [7, 11) is 0. The van der Waals surface area contributed by atoms with Crippen LogP contribution in [0.25, 0.3) is 11.3 Å². The number of hydrogen-bond acceptors (Lipinski definition) is 3. The van der Waals surface area contributed by atoms with Gasteiger partial charge in [0.1, 0.15) is 5.82 Å². The van der Waals surface area contributed by atoms with Gasteiger partial charge in [-0.2, -0.15) is 0 Å². The van der Waals surface area contributed by atoms with Crippen molar-refractivity contribution in [1.29, 1.82) is 0 Å². The number of anilines is 1. The molecule has 0 aliphatic heterocycles. The molecule has 1 aromatic heterocycles. The van der Waals surface area contributed by atoms with Crippen LogP contribution in [0.15, 0.2) is 53.1 Å². The highest BCUT2D eigenvalue weighted by Gasteiger charge is 2.11. The van der Waals surface area contributed by atoms with Crippen LogP contribution < -0.4 is 5.32 Å². The number of aromatic nitrogens is 1. The van der Waals surface area contributed by atoms with Crippen LogP contribution in [0.2, 0.25) is 0 Å². The van der Waals surface area contributed by atoms with Gasteiger partial charge in [0.2, 0.25) is 5.91 Å². The van der Waals surface area contributed by atoms with E-state index in [0.29, 0.717) is 18.1 Å². The lowest BCUT2D eigenvalue weighted by Gasteiger charge is -2.12. The van der Waals surface area contributed by atoms with Crippen LogP contribution in [0.4, 0.5) is 10.1 Å². The third-order valence-corrected chi connectivity index (χ3v) is 4.25. The molecule has 0 fully saturated rings. The van der Waals surface area contributed by atoms with E-state index in [1.54, 1.807) is 18.3 Å². The number of benzene rings is 2. The first-order valence-corrected chi connectivity index (χ1v) is 8.65. The molecule has 0 bridgehead atoms. The van der Waals surface area contributed by atoms with Gasteiger partial charge in [-0.1, -0.05) is 25.1 Å². The number of rotatable bonds is 6. The first-order valence-electron chi connectivity index (χ1n) is 8.65. The van der Waals surface area contributed by atoms with Gasteiger partial charge in [0, 0.05) is 24.1 Å². The van der Waals surface area contributed by atoms with Crippen molar-refractivity contribution < 1.29 is 13.6 Å². The molecule has 134 valence electrons. The van der Waals surface area contributed by atoms with Crippen LogP contribution in [0.5, 0.6) is 0 Å². The molecular weight excluding hydrogens is 331 g/mol. The maximum atomic E-state index is 13.0. The van der Waals surface area contributed by atoms with Gasteiger partial charge in [0.25, 0.3) is 0 Å². The summed E-state index contributed by atoms with van der Waals surface area (Å²) in [6, 6.07) is 12.0. The fourth-order valence-electron chi connectivity index (χ4n) is 2.80. The first-order chi connectivity index (χ1) is 12.6. The van der Waals surface area contributed by atoms with Crippen molar-refractivity contribution in [2.45, 2.75) is 33.1 Å². The highest BCUT2D eigenvalue weighted by atomic mass is 19.1. The summed E-state index contributed by atoms with van der Waals surface area (Å²) in [5.74, 6) is 0.677. The van der Waals surface area contributed by atoms with E-state index in [9.17, 15) is 9.18 Å². The highest BCUT2D eigenvalue weighted by Crippen LogP contribution is 2.23. The number of halogens is 1. The van der Waals surface area contributed by atoms with Gasteiger partial charge in [0.15, 0.2) is 11.7 Å². The molecule has 0 atom stereocenters. The molecule has 1 amide bonds. The summed E-state index contributed by atoms with van der Waals surface area (Å²) in [4.78, 5) is 16.5. The van der Waals surface area contributed by atoms with Crippen molar-refractivity contribution in [2.24, 2.45) is 0 Å². The highest BCUT2D eigenvalue weighted by molar-refractivity contribution is 5.92. The number of para-hydroxylation sites is 1. The third kappa shape index (κ3) is 4.17. The minimum absolute atomic E-state index is 0.0736. The average molecular weight is 352 g/mol. The first kappa shape index (κ1) is 17.9. The summed E-state index contributed by atoms with van der Waals surface area (Å²) < 4.78 is 18.7. The zero-order valence-corrected chi connectivity index (χ0v) is 14.9. The monoisotopic (exact) mass is 352 g/mol. The van der Waals surface area contributed by atoms with E-state index in [2.05, 4.69) is 17.2 Å². The summed E-state index contributed by atoms with van der Waals surface area (Å²) >= 11 is 0. The number of hydrogen-bond donors (Lipinski definition) is 1. The second kappa shape index (κ2) is 7.95. The Labute approximate surface area is 152 Å².